The lowest BCUT2D eigenvalue weighted by molar-refractivity contribution is 0.306. The molecule has 0 aliphatic heterocycles. The van der Waals surface area contributed by atoms with Gasteiger partial charge in [-0.25, -0.2) is 4.98 Å². The van der Waals surface area contributed by atoms with Crippen molar-refractivity contribution < 1.29 is 4.74 Å². The van der Waals surface area contributed by atoms with Crippen LogP contribution in [0.25, 0.3) is 22.3 Å². The first-order valence-corrected chi connectivity index (χ1v) is 11.6. The van der Waals surface area contributed by atoms with Crippen molar-refractivity contribution in [1.82, 2.24) is 9.66 Å². The molecule has 0 bridgehead atoms. The van der Waals surface area contributed by atoms with E-state index in [2.05, 4.69) is 5.10 Å². The zero-order chi connectivity index (χ0) is 24.2. The number of fused-ring (bicyclic) bond motifs is 1. The van der Waals surface area contributed by atoms with E-state index in [0.717, 1.165) is 11.1 Å². The monoisotopic (exact) mass is 499 g/mol. The first-order valence-electron chi connectivity index (χ1n) is 10.9. The topological polar surface area (TPSA) is 56.5 Å². The van der Waals surface area contributed by atoms with Crippen LogP contribution in [-0.4, -0.2) is 15.9 Å². The molecule has 172 valence electrons. The van der Waals surface area contributed by atoms with Gasteiger partial charge in [-0.15, -0.1) is 0 Å². The summed E-state index contributed by atoms with van der Waals surface area (Å²) < 4.78 is 7.35. The molecule has 4 aromatic carbocycles. The third-order valence-corrected chi connectivity index (χ3v) is 6.00. The van der Waals surface area contributed by atoms with Crippen molar-refractivity contribution >= 4 is 40.3 Å². The summed E-state index contributed by atoms with van der Waals surface area (Å²) in [6, 6.07) is 29.5. The van der Waals surface area contributed by atoms with Gasteiger partial charge >= 0.3 is 0 Å². The molecule has 0 amide bonds. The van der Waals surface area contributed by atoms with Crippen LogP contribution >= 0.6 is 23.2 Å². The van der Waals surface area contributed by atoms with Gasteiger partial charge in [0.1, 0.15) is 12.4 Å². The number of rotatable bonds is 6. The van der Waals surface area contributed by atoms with Crippen LogP contribution in [0.3, 0.4) is 0 Å². The third kappa shape index (κ3) is 4.97. The van der Waals surface area contributed by atoms with Gasteiger partial charge < -0.3 is 4.74 Å². The summed E-state index contributed by atoms with van der Waals surface area (Å²) in [5.74, 6) is 1.06. The van der Waals surface area contributed by atoms with E-state index in [1.54, 1.807) is 24.4 Å². The zero-order valence-electron chi connectivity index (χ0n) is 18.4. The van der Waals surface area contributed by atoms with Crippen LogP contribution in [0.2, 0.25) is 10.0 Å². The molecule has 0 aliphatic carbocycles. The summed E-state index contributed by atoms with van der Waals surface area (Å²) in [7, 11) is 0. The van der Waals surface area contributed by atoms with Crippen molar-refractivity contribution in [2.24, 2.45) is 5.10 Å². The number of nitrogens with zero attached hydrogens (tertiary/aromatic N) is 3. The Morgan fingerprint density at radius 2 is 1.63 bits per heavy atom. The molecular formula is C28H19Cl2N3O2. The van der Waals surface area contributed by atoms with Gasteiger partial charge in [-0.1, -0.05) is 83.9 Å². The van der Waals surface area contributed by atoms with Gasteiger partial charge in [0.15, 0.2) is 5.82 Å². The largest absolute Gasteiger partial charge is 0.488 e. The average molecular weight is 500 g/mol. The van der Waals surface area contributed by atoms with Crippen LogP contribution < -0.4 is 10.3 Å². The van der Waals surface area contributed by atoms with E-state index in [0.29, 0.717) is 38.1 Å². The van der Waals surface area contributed by atoms with Crippen LogP contribution in [0.5, 0.6) is 5.75 Å². The minimum absolute atomic E-state index is 0.253. The average Bonchev–Trinajstić information content (AvgIpc) is 2.88. The number of aromatic nitrogens is 2. The highest BCUT2D eigenvalue weighted by Crippen LogP contribution is 2.24. The molecule has 0 spiro atoms. The lowest BCUT2D eigenvalue weighted by Crippen LogP contribution is -2.20. The van der Waals surface area contributed by atoms with Crippen LogP contribution in [0.4, 0.5) is 0 Å². The van der Waals surface area contributed by atoms with E-state index >= 15 is 0 Å². The smallest absolute Gasteiger partial charge is 0.282 e. The van der Waals surface area contributed by atoms with Crippen molar-refractivity contribution in [1.29, 1.82) is 0 Å². The van der Waals surface area contributed by atoms with E-state index in [-0.39, 0.29) is 12.2 Å². The maximum absolute atomic E-state index is 13.4. The highest BCUT2D eigenvalue weighted by Gasteiger charge is 2.12. The fraction of sp³-hybridized carbons (Fsp3) is 0.0357. The first-order chi connectivity index (χ1) is 17.1. The quantitative estimate of drug-likeness (QED) is 0.240. The van der Waals surface area contributed by atoms with E-state index in [4.69, 9.17) is 32.9 Å². The van der Waals surface area contributed by atoms with Crippen LogP contribution in [-0.2, 0) is 6.61 Å². The lowest BCUT2D eigenvalue weighted by Gasteiger charge is -2.11. The SMILES string of the molecule is O=c1c2ccccc2nc(-c2ccccc2)n1N=Cc1ccccc1OCc1ccc(Cl)cc1Cl. The standard InChI is InChI=1S/C28H19Cl2N3O2/c29-22-15-14-21(24(30)16-22)18-35-26-13-7-4-10-20(26)17-31-33-27(19-8-2-1-3-9-19)32-25-12-6-5-11-23(25)28(33)34/h1-17H,18H2. The molecule has 0 aliphatic rings. The molecule has 0 N–H and O–H groups in total. The number of para-hydroxylation sites is 2. The number of ether oxygens (including phenoxy) is 1. The van der Waals surface area contributed by atoms with Gasteiger partial charge in [0.25, 0.3) is 5.56 Å². The van der Waals surface area contributed by atoms with Gasteiger partial charge in [-0.2, -0.15) is 9.78 Å². The fourth-order valence-electron chi connectivity index (χ4n) is 3.64. The summed E-state index contributed by atoms with van der Waals surface area (Å²) in [5.41, 5.74) is 2.67. The molecule has 0 saturated heterocycles. The molecule has 0 unspecified atom stereocenters. The minimum Gasteiger partial charge on any atom is -0.488 e. The highest BCUT2D eigenvalue weighted by molar-refractivity contribution is 6.35. The predicted octanol–water partition coefficient (Wildman–Crippen LogP) is 6.83. The Morgan fingerprint density at radius 3 is 2.46 bits per heavy atom. The number of hydrogen-bond donors (Lipinski definition) is 0. The van der Waals surface area contributed by atoms with Crippen molar-refractivity contribution in [2.45, 2.75) is 6.61 Å². The number of hydrogen-bond acceptors (Lipinski definition) is 4. The third-order valence-electron chi connectivity index (χ3n) is 5.42. The maximum atomic E-state index is 13.4. The Kier molecular flexibility index (Phi) is 6.62. The Labute approximate surface area is 211 Å². The molecule has 0 radical (unpaired) electrons. The molecule has 1 aromatic heterocycles. The maximum Gasteiger partial charge on any atom is 0.282 e. The molecule has 0 saturated carbocycles. The molecule has 5 aromatic rings. The fourth-order valence-corrected chi connectivity index (χ4v) is 4.10. The minimum atomic E-state index is -0.253. The van der Waals surface area contributed by atoms with Gasteiger partial charge in [-0.05, 0) is 36.4 Å². The van der Waals surface area contributed by atoms with E-state index < -0.39 is 0 Å². The molecule has 1 heterocycles. The summed E-state index contributed by atoms with van der Waals surface area (Å²) in [6.45, 7) is 0.258. The Bertz CT molecular complexity index is 1600. The van der Waals surface area contributed by atoms with E-state index in [1.165, 1.54) is 4.68 Å². The molecule has 35 heavy (non-hydrogen) atoms. The molecular weight excluding hydrogens is 481 g/mol. The predicted molar refractivity (Wildman–Crippen MR) is 142 cm³/mol. The van der Waals surface area contributed by atoms with Gasteiger partial charge in [0, 0.05) is 26.7 Å². The van der Waals surface area contributed by atoms with Crippen molar-refractivity contribution in [3.63, 3.8) is 0 Å². The van der Waals surface area contributed by atoms with Crippen LogP contribution in [0, 0.1) is 0 Å². The normalized spacial score (nSPS) is 11.3. The lowest BCUT2D eigenvalue weighted by atomic mass is 10.2. The van der Waals surface area contributed by atoms with E-state index in [9.17, 15) is 4.79 Å². The summed E-state index contributed by atoms with van der Waals surface area (Å²) >= 11 is 12.3. The van der Waals surface area contributed by atoms with Gasteiger partial charge in [0.05, 0.1) is 17.1 Å². The second kappa shape index (κ2) is 10.1. The second-order valence-electron chi connectivity index (χ2n) is 7.74. The van der Waals surface area contributed by atoms with Gasteiger partial charge in [-0.3, -0.25) is 4.79 Å². The number of benzene rings is 4. The first kappa shape index (κ1) is 22.8. The number of halogens is 2. The van der Waals surface area contributed by atoms with Gasteiger partial charge in [0.2, 0.25) is 0 Å². The van der Waals surface area contributed by atoms with Crippen molar-refractivity contribution in [2.75, 3.05) is 0 Å². The second-order valence-corrected chi connectivity index (χ2v) is 8.59. The summed E-state index contributed by atoms with van der Waals surface area (Å²) in [5, 5.41) is 6.13. The Hall–Kier alpha value is -3.93. The highest BCUT2D eigenvalue weighted by atomic mass is 35.5. The molecule has 5 rings (SSSR count). The van der Waals surface area contributed by atoms with Crippen molar-refractivity contribution in [3.8, 4) is 17.1 Å². The van der Waals surface area contributed by atoms with Crippen molar-refractivity contribution in [3.05, 3.63) is 129 Å². The van der Waals surface area contributed by atoms with Crippen LogP contribution in [0.15, 0.2) is 107 Å². The molecule has 0 fully saturated rings. The summed E-state index contributed by atoms with van der Waals surface area (Å²) in [4.78, 5) is 18.1. The Morgan fingerprint density at radius 1 is 0.886 bits per heavy atom. The van der Waals surface area contributed by atoms with Crippen LogP contribution in [0.1, 0.15) is 11.1 Å². The molecule has 7 heteroatoms. The Balaban J connectivity index is 1.53. The molecule has 5 nitrogen and oxygen atoms in total. The van der Waals surface area contributed by atoms with E-state index in [1.807, 2.05) is 78.9 Å². The zero-order valence-corrected chi connectivity index (χ0v) is 19.9. The molecule has 0 atom stereocenters. The summed E-state index contributed by atoms with van der Waals surface area (Å²) in [6.07, 6.45) is 1.60.